The average Bonchev–Trinajstić information content (AvgIpc) is 3.09. The first-order chi connectivity index (χ1) is 10.4. The fourth-order valence-corrected chi connectivity index (χ4v) is 3.30. The maximum Gasteiger partial charge on any atom is 0.185 e. The highest BCUT2D eigenvalue weighted by Crippen LogP contribution is 2.21. The summed E-state index contributed by atoms with van der Waals surface area (Å²) in [6.07, 6.45) is 3.74. The summed E-state index contributed by atoms with van der Waals surface area (Å²) >= 11 is 1.70. The van der Waals surface area contributed by atoms with E-state index in [9.17, 15) is 0 Å². The summed E-state index contributed by atoms with van der Waals surface area (Å²) in [5.74, 6) is 0.965. The lowest BCUT2D eigenvalue weighted by Crippen LogP contribution is -2.46. The van der Waals surface area contributed by atoms with Gasteiger partial charge in [0.2, 0.25) is 0 Å². The van der Waals surface area contributed by atoms with Crippen LogP contribution in [0.5, 0.6) is 0 Å². The van der Waals surface area contributed by atoms with Crippen LogP contribution < -0.4 is 9.80 Å². The van der Waals surface area contributed by atoms with Gasteiger partial charge < -0.3 is 9.80 Å². The number of anilines is 2. The molecule has 0 N–H and O–H groups in total. The van der Waals surface area contributed by atoms with Crippen molar-refractivity contribution in [2.45, 2.75) is 0 Å². The fraction of sp³-hybridized carbons (Fsp3) is 0.267. The minimum atomic E-state index is 0.947. The Hall–Kier alpha value is -2.21. The Bertz CT molecular complexity index is 735. The van der Waals surface area contributed by atoms with Gasteiger partial charge in [-0.05, 0) is 12.1 Å². The van der Waals surface area contributed by atoms with Crippen molar-refractivity contribution in [3.63, 3.8) is 0 Å². The van der Waals surface area contributed by atoms with Gasteiger partial charge in [-0.2, -0.15) is 0 Å². The summed E-state index contributed by atoms with van der Waals surface area (Å²) in [7, 11) is 0. The molecule has 1 fully saturated rings. The second kappa shape index (κ2) is 5.29. The van der Waals surface area contributed by atoms with E-state index in [1.807, 2.05) is 42.0 Å². The Morgan fingerprint density at radius 3 is 2.43 bits per heavy atom. The first-order valence-electron chi connectivity index (χ1n) is 7.01. The second-order valence-corrected chi connectivity index (χ2v) is 5.88. The molecule has 3 heterocycles. The van der Waals surface area contributed by atoms with Crippen LogP contribution in [-0.2, 0) is 0 Å². The van der Waals surface area contributed by atoms with Gasteiger partial charge in [-0.15, -0.1) is 11.3 Å². The lowest BCUT2D eigenvalue weighted by molar-refractivity contribution is 0.646. The zero-order valence-electron chi connectivity index (χ0n) is 11.5. The third-order valence-corrected chi connectivity index (χ3v) is 4.56. The van der Waals surface area contributed by atoms with Crippen LogP contribution in [0.3, 0.4) is 0 Å². The Morgan fingerprint density at radius 1 is 0.905 bits per heavy atom. The van der Waals surface area contributed by atoms with Gasteiger partial charge in [0.15, 0.2) is 5.13 Å². The summed E-state index contributed by atoms with van der Waals surface area (Å²) in [6.45, 7) is 3.85. The molecule has 106 valence electrons. The van der Waals surface area contributed by atoms with Crippen LogP contribution in [0.25, 0.3) is 11.0 Å². The van der Waals surface area contributed by atoms with Crippen molar-refractivity contribution in [1.29, 1.82) is 0 Å². The van der Waals surface area contributed by atoms with Crippen LogP contribution in [0.1, 0.15) is 0 Å². The molecule has 0 atom stereocenters. The molecule has 3 aromatic rings. The first kappa shape index (κ1) is 12.5. The highest BCUT2D eigenvalue weighted by atomic mass is 32.1. The Kier molecular flexibility index (Phi) is 3.16. The topological polar surface area (TPSA) is 45.2 Å². The minimum absolute atomic E-state index is 0.947. The number of aromatic nitrogens is 3. The summed E-state index contributed by atoms with van der Waals surface area (Å²) in [5.41, 5.74) is 1.90. The second-order valence-electron chi connectivity index (χ2n) is 5.01. The number of hydrogen-bond donors (Lipinski definition) is 0. The maximum absolute atomic E-state index is 4.72. The zero-order valence-corrected chi connectivity index (χ0v) is 12.3. The van der Waals surface area contributed by atoms with E-state index in [4.69, 9.17) is 4.98 Å². The van der Waals surface area contributed by atoms with Crippen LogP contribution in [-0.4, -0.2) is 41.1 Å². The molecule has 0 radical (unpaired) electrons. The van der Waals surface area contributed by atoms with E-state index < -0.39 is 0 Å². The summed E-state index contributed by atoms with van der Waals surface area (Å²) < 4.78 is 0. The highest BCUT2D eigenvalue weighted by Gasteiger charge is 2.19. The Morgan fingerprint density at radius 2 is 1.67 bits per heavy atom. The van der Waals surface area contributed by atoms with Gasteiger partial charge in [0, 0.05) is 37.8 Å². The van der Waals surface area contributed by atoms with Crippen LogP contribution in [0.2, 0.25) is 0 Å². The molecule has 21 heavy (non-hydrogen) atoms. The Labute approximate surface area is 126 Å². The smallest absolute Gasteiger partial charge is 0.185 e. The van der Waals surface area contributed by atoms with Gasteiger partial charge in [-0.1, -0.05) is 12.1 Å². The van der Waals surface area contributed by atoms with Gasteiger partial charge in [0.1, 0.15) is 5.82 Å². The molecular formula is C15H15N5S. The van der Waals surface area contributed by atoms with Crippen LogP contribution in [0.4, 0.5) is 10.9 Å². The van der Waals surface area contributed by atoms with Gasteiger partial charge in [0.25, 0.3) is 0 Å². The number of thiazole rings is 1. The van der Waals surface area contributed by atoms with E-state index in [1.54, 1.807) is 11.3 Å². The molecule has 0 aliphatic carbocycles. The molecule has 5 nitrogen and oxygen atoms in total. The molecule has 0 unspecified atom stereocenters. The van der Waals surface area contributed by atoms with Crippen molar-refractivity contribution in [2.75, 3.05) is 36.0 Å². The summed E-state index contributed by atoms with van der Waals surface area (Å²) in [6, 6.07) is 7.99. The number of fused-ring (bicyclic) bond motifs is 1. The lowest BCUT2D eigenvalue weighted by atomic mass is 10.3. The number of nitrogens with zero attached hydrogens (tertiary/aromatic N) is 5. The van der Waals surface area contributed by atoms with Crippen molar-refractivity contribution >= 4 is 33.3 Å². The highest BCUT2D eigenvalue weighted by molar-refractivity contribution is 7.13. The van der Waals surface area contributed by atoms with Gasteiger partial charge in [0.05, 0.1) is 17.2 Å². The number of benzene rings is 1. The quantitative estimate of drug-likeness (QED) is 0.727. The third kappa shape index (κ3) is 2.42. The van der Waals surface area contributed by atoms with Crippen LogP contribution in [0, 0.1) is 0 Å². The summed E-state index contributed by atoms with van der Waals surface area (Å²) in [4.78, 5) is 18.2. The fourth-order valence-electron chi connectivity index (χ4n) is 2.60. The summed E-state index contributed by atoms with van der Waals surface area (Å²) in [5, 5.41) is 3.13. The third-order valence-electron chi connectivity index (χ3n) is 3.73. The van der Waals surface area contributed by atoms with Gasteiger partial charge in [-0.25, -0.2) is 9.97 Å². The van der Waals surface area contributed by atoms with Gasteiger partial charge >= 0.3 is 0 Å². The lowest BCUT2D eigenvalue weighted by Gasteiger charge is -2.35. The zero-order chi connectivity index (χ0) is 14.1. The molecule has 1 aliphatic heterocycles. The van der Waals surface area contributed by atoms with E-state index in [0.29, 0.717) is 0 Å². The SMILES string of the molecule is c1ccc2nc(N3CCN(c4nccs4)CC3)cnc2c1. The van der Waals surface area contributed by atoms with Crippen molar-refractivity contribution in [3.05, 3.63) is 42.0 Å². The first-order valence-corrected chi connectivity index (χ1v) is 7.89. The molecule has 0 saturated carbocycles. The minimum Gasteiger partial charge on any atom is -0.352 e. The van der Waals surface area contributed by atoms with E-state index >= 15 is 0 Å². The number of rotatable bonds is 2. The van der Waals surface area contributed by atoms with Crippen LogP contribution in [0.15, 0.2) is 42.0 Å². The molecule has 1 saturated heterocycles. The molecular weight excluding hydrogens is 282 g/mol. The van der Waals surface area contributed by atoms with Crippen molar-refractivity contribution in [1.82, 2.24) is 15.0 Å². The standard InChI is InChI=1S/C15H15N5S/c1-2-4-13-12(3-1)17-11-14(18-13)19-6-8-20(9-7-19)15-16-5-10-21-15/h1-5,10-11H,6-9H2. The van der Waals surface area contributed by atoms with Crippen molar-refractivity contribution in [2.24, 2.45) is 0 Å². The van der Waals surface area contributed by atoms with Gasteiger partial charge in [-0.3, -0.25) is 4.98 Å². The largest absolute Gasteiger partial charge is 0.352 e. The average molecular weight is 297 g/mol. The molecule has 1 aliphatic rings. The van der Waals surface area contributed by atoms with E-state index in [-0.39, 0.29) is 0 Å². The molecule has 6 heteroatoms. The van der Waals surface area contributed by atoms with Crippen molar-refractivity contribution in [3.8, 4) is 0 Å². The molecule has 1 aromatic carbocycles. The number of piperazine rings is 1. The number of hydrogen-bond acceptors (Lipinski definition) is 6. The van der Waals surface area contributed by atoms with Crippen molar-refractivity contribution < 1.29 is 0 Å². The predicted octanol–water partition coefficient (Wildman–Crippen LogP) is 2.41. The molecule has 0 bridgehead atoms. The monoisotopic (exact) mass is 297 g/mol. The van der Waals surface area contributed by atoms with E-state index in [0.717, 1.165) is 48.2 Å². The molecule has 0 spiro atoms. The predicted molar refractivity (Wildman–Crippen MR) is 86.1 cm³/mol. The Balaban J connectivity index is 1.52. The number of para-hydroxylation sites is 2. The van der Waals surface area contributed by atoms with Crippen LogP contribution >= 0.6 is 11.3 Å². The maximum atomic E-state index is 4.72. The molecule has 2 aromatic heterocycles. The van der Waals surface area contributed by atoms with E-state index in [2.05, 4.69) is 19.8 Å². The molecule has 0 amide bonds. The van der Waals surface area contributed by atoms with E-state index in [1.165, 1.54) is 0 Å². The molecule has 4 rings (SSSR count). The normalized spacial score (nSPS) is 15.6.